The minimum Gasteiger partial charge on any atom is -0.465 e. The van der Waals surface area contributed by atoms with E-state index in [1.165, 1.54) is 23.6 Å². The van der Waals surface area contributed by atoms with E-state index in [0.29, 0.717) is 11.4 Å². The number of methoxy groups -OCH3 is 2. The van der Waals surface area contributed by atoms with Crippen LogP contribution in [0.4, 0.5) is 11.4 Å². The summed E-state index contributed by atoms with van der Waals surface area (Å²) in [4.78, 5) is 77.9. The van der Waals surface area contributed by atoms with Crippen LogP contribution in [0.3, 0.4) is 0 Å². The molecule has 14 heteroatoms. The van der Waals surface area contributed by atoms with Gasteiger partial charge in [0.05, 0.1) is 59.2 Å². The average molecular weight is 657 g/mol. The van der Waals surface area contributed by atoms with Gasteiger partial charge >= 0.3 is 11.9 Å². The van der Waals surface area contributed by atoms with Crippen molar-refractivity contribution >= 4 is 46.9 Å². The van der Waals surface area contributed by atoms with Gasteiger partial charge in [-0.3, -0.25) is 39.4 Å². The number of nitrogens with zero attached hydrogens (tertiary/aromatic N) is 2. The van der Waals surface area contributed by atoms with Gasteiger partial charge in [-0.25, -0.2) is 9.59 Å². The van der Waals surface area contributed by atoms with E-state index in [-0.39, 0.29) is 57.9 Å². The van der Waals surface area contributed by atoms with Gasteiger partial charge in [0, 0.05) is 24.2 Å². The predicted molar refractivity (Wildman–Crippen MR) is 177 cm³/mol. The van der Waals surface area contributed by atoms with Gasteiger partial charge in [-0.15, -0.1) is 0 Å². The maximum Gasteiger partial charge on any atom is 0.340 e. The van der Waals surface area contributed by atoms with Crippen LogP contribution in [-0.2, 0) is 19.1 Å². The van der Waals surface area contributed by atoms with Gasteiger partial charge in [-0.2, -0.15) is 0 Å². The summed E-state index contributed by atoms with van der Waals surface area (Å²) in [6.07, 6.45) is -0.570. The van der Waals surface area contributed by atoms with E-state index < -0.39 is 35.6 Å². The Kier molecular flexibility index (Phi) is 10.8. The van der Waals surface area contributed by atoms with Gasteiger partial charge in [0.15, 0.2) is 0 Å². The Morgan fingerprint density at radius 1 is 0.521 bits per heavy atom. The van der Waals surface area contributed by atoms with Crippen LogP contribution >= 0.6 is 0 Å². The number of rotatable bonds is 11. The van der Waals surface area contributed by atoms with Crippen molar-refractivity contribution in [2.75, 3.05) is 35.7 Å². The van der Waals surface area contributed by atoms with Crippen LogP contribution in [0.1, 0.15) is 77.0 Å². The quantitative estimate of drug-likeness (QED) is 0.173. The van der Waals surface area contributed by atoms with Crippen molar-refractivity contribution in [2.45, 2.75) is 40.5 Å². The standard InChI is InChI=1S/C34H36N6O8/c1-19-27(31(43)35-23-13-9-7-10-14-23)29(33(45)47-5)21(3)39(19)37-25(41)17-18-26(42)38-40-20(2)28(30(22(40)4)34(46)48-6)32(44)36-24-15-11-8-12-16-24/h7-16H,17-18H2,1-6H3,(H,35,43)(H,36,44)(H,37,41)(H,38,42). The number of hydrogen-bond donors (Lipinski definition) is 4. The van der Waals surface area contributed by atoms with Crippen molar-refractivity contribution in [3.05, 3.63) is 106 Å². The van der Waals surface area contributed by atoms with E-state index in [2.05, 4.69) is 21.5 Å². The van der Waals surface area contributed by atoms with Crippen LogP contribution < -0.4 is 21.5 Å². The summed E-state index contributed by atoms with van der Waals surface area (Å²) >= 11 is 0. The SMILES string of the molecule is COC(=O)c1c(C(=O)Nc2ccccc2)c(C)n(NC(=O)CCC(=O)Nn2c(C)c(C(=O)Nc3ccccc3)c(C(=O)OC)c2C)c1C. The fourth-order valence-corrected chi connectivity index (χ4v) is 5.29. The molecule has 14 nitrogen and oxygen atoms in total. The highest BCUT2D eigenvalue weighted by atomic mass is 16.5. The fraction of sp³-hybridized carbons (Fsp3) is 0.235. The van der Waals surface area contributed by atoms with Gasteiger partial charge in [-0.05, 0) is 52.0 Å². The second-order valence-electron chi connectivity index (χ2n) is 10.7. The molecular weight excluding hydrogens is 620 g/mol. The normalized spacial score (nSPS) is 10.5. The van der Waals surface area contributed by atoms with E-state index in [4.69, 9.17) is 9.47 Å². The zero-order valence-electron chi connectivity index (χ0n) is 27.3. The van der Waals surface area contributed by atoms with Crippen LogP contribution in [0.15, 0.2) is 60.7 Å². The first-order valence-corrected chi connectivity index (χ1v) is 14.8. The molecule has 0 aliphatic heterocycles. The molecule has 4 aromatic rings. The summed E-state index contributed by atoms with van der Waals surface area (Å²) in [6.45, 7) is 6.23. The van der Waals surface area contributed by atoms with Gasteiger partial charge in [0.2, 0.25) is 11.8 Å². The summed E-state index contributed by atoms with van der Waals surface area (Å²) in [5, 5.41) is 5.48. The van der Waals surface area contributed by atoms with E-state index in [9.17, 15) is 28.8 Å². The van der Waals surface area contributed by atoms with Crippen LogP contribution in [-0.4, -0.2) is 59.1 Å². The minimum atomic E-state index is -0.762. The Bertz CT molecular complexity index is 1760. The van der Waals surface area contributed by atoms with Crippen molar-refractivity contribution in [2.24, 2.45) is 0 Å². The number of anilines is 2. The van der Waals surface area contributed by atoms with Crippen molar-refractivity contribution in [1.29, 1.82) is 0 Å². The molecule has 48 heavy (non-hydrogen) atoms. The lowest BCUT2D eigenvalue weighted by molar-refractivity contribution is -0.122. The van der Waals surface area contributed by atoms with Crippen molar-refractivity contribution in [3.8, 4) is 0 Å². The summed E-state index contributed by atoms with van der Waals surface area (Å²) in [5.41, 5.74) is 7.36. The van der Waals surface area contributed by atoms with E-state index in [0.717, 1.165) is 0 Å². The summed E-state index contributed by atoms with van der Waals surface area (Å²) < 4.78 is 12.4. The number of carbonyl (C=O) groups is 6. The van der Waals surface area contributed by atoms with Crippen LogP contribution in [0.2, 0.25) is 0 Å². The van der Waals surface area contributed by atoms with Crippen molar-refractivity contribution < 1.29 is 38.2 Å². The highest BCUT2D eigenvalue weighted by Crippen LogP contribution is 2.25. The molecule has 0 aliphatic carbocycles. The predicted octanol–water partition coefficient (Wildman–Crippen LogP) is 4.22. The summed E-state index contributed by atoms with van der Waals surface area (Å²) in [5.74, 6) is -3.84. The molecule has 2 aromatic heterocycles. The van der Waals surface area contributed by atoms with Gasteiger partial charge in [0.1, 0.15) is 0 Å². The van der Waals surface area contributed by atoms with E-state index in [1.807, 2.05) is 0 Å². The maximum absolute atomic E-state index is 13.2. The number of esters is 2. The smallest absolute Gasteiger partial charge is 0.340 e. The topological polar surface area (TPSA) is 179 Å². The molecule has 0 radical (unpaired) electrons. The molecule has 2 aromatic carbocycles. The van der Waals surface area contributed by atoms with E-state index >= 15 is 0 Å². The molecule has 0 saturated heterocycles. The molecule has 4 N–H and O–H groups in total. The molecule has 250 valence electrons. The fourth-order valence-electron chi connectivity index (χ4n) is 5.29. The van der Waals surface area contributed by atoms with Gasteiger partial charge in [0.25, 0.3) is 11.8 Å². The molecule has 0 saturated carbocycles. The van der Waals surface area contributed by atoms with Gasteiger partial charge < -0.3 is 20.1 Å². The van der Waals surface area contributed by atoms with E-state index in [1.54, 1.807) is 88.4 Å². The number of nitrogens with one attached hydrogen (secondary N) is 4. The molecule has 0 atom stereocenters. The number of benzene rings is 2. The summed E-state index contributed by atoms with van der Waals surface area (Å²) in [6, 6.07) is 17.3. The average Bonchev–Trinajstić information content (AvgIpc) is 3.47. The molecule has 0 bridgehead atoms. The number of hydrogen-bond acceptors (Lipinski definition) is 8. The lowest BCUT2D eigenvalue weighted by Crippen LogP contribution is -2.29. The molecule has 4 rings (SSSR count). The van der Waals surface area contributed by atoms with Gasteiger partial charge in [-0.1, -0.05) is 36.4 Å². The molecule has 4 amide bonds. The third-order valence-corrected chi connectivity index (χ3v) is 7.64. The van der Waals surface area contributed by atoms with Crippen molar-refractivity contribution in [3.63, 3.8) is 0 Å². The Morgan fingerprint density at radius 2 is 0.833 bits per heavy atom. The molecule has 0 unspecified atom stereocenters. The maximum atomic E-state index is 13.2. The number of para-hydroxylation sites is 2. The Balaban J connectivity index is 1.50. The Morgan fingerprint density at radius 3 is 1.15 bits per heavy atom. The third-order valence-electron chi connectivity index (χ3n) is 7.64. The Hall–Kier alpha value is -6.18. The molecule has 0 fully saturated rings. The molecule has 2 heterocycles. The highest BCUT2D eigenvalue weighted by molar-refractivity contribution is 6.13. The second-order valence-corrected chi connectivity index (χ2v) is 10.7. The number of amides is 4. The molecular formula is C34H36N6O8. The lowest BCUT2D eigenvalue weighted by atomic mass is 10.1. The second kappa shape index (κ2) is 14.9. The first-order valence-electron chi connectivity index (χ1n) is 14.8. The first kappa shape index (κ1) is 34.7. The summed E-state index contributed by atoms with van der Waals surface area (Å²) in [7, 11) is 2.37. The zero-order chi connectivity index (χ0) is 35.1. The first-order chi connectivity index (χ1) is 22.9. The number of aromatic nitrogens is 2. The number of carbonyl (C=O) groups excluding carboxylic acids is 6. The van der Waals surface area contributed by atoms with Crippen LogP contribution in [0.5, 0.6) is 0 Å². The zero-order valence-corrected chi connectivity index (χ0v) is 27.3. The third kappa shape index (κ3) is 7.28. The lowest BCUT2D eigenvalue weighted by Gasteiger charge is -2.13. The number of ether oxygens (including phenoxy) is 2. The van der Waals surface area contributed by atoms with Crippen LogP contribution in [0, 0.1) is 27.7 Å². The Labute approximate surface area is 276 Å². The van der Waals surface area contributed by atoms with Crippen LogP contribution in [0.25, 0.3) is 0 Å². The molecule has 0 aliphatic rings. The highest BCUT2D eigenvalue weighted by Gasteiger charge is 2.31. The largest absolute Gasteiger partial charge is 0.465 e. The van der Waals surface area contributed by atoms with Crippen molar-refractivity contribution in [1.82, 2.24) is 9.35 Å². The molecule has 0 spiro atoms. The monoisotopic (exact) mass is 656 g/mol. The minimum absolute atomic E-state index is 0.0199.